The van der Waals surface area contributed by atoms with Gasteiger partial charge in [0.2, 0.25) is 5.91 Å². The van der Waals surface area contributed by atoms with Gasteiger partial charge in [0.1, 0.15) is 0 Å². The first-order valence-electron chi connectivity index (χ1n) is 7.84. The molecule has 1 aromatic carbocycles. The van der Waals surface area contributed by atoms with Gasteiger partial charge in [-0.25, -0.2) is 0 Å². The molecule has 0 aliphatic carbocycles. The lowest BCUT2D eigenvalue weighted by Gasteiger charge is -2.28. The van der Waals surface area contributed by atoms with E-state index in [1.165, 1.54) is 5.69 Å². The van der Waals surface area contributed by atoms with E-state index >= 15 is 0 Å². The van der Waals surface area contributed by atoms with Gasteiger partial charge in [-0.1, -0.05) is 32.0 Å². The van der Waals surface area contributed by atoms with Crippen LogP contribution in [-0.4, -0.2) is 32.6 Å². The van der Waals surface area contributed by atoms with Gasteiger partial charge in [-0.3, -0.25) is 4.79 Å². The molecule has 0 radical (unpaired) electrons. The molecule has 0 unspecified atom stereocenters. The van der Waals surface area contributed by atoms with Crippen LogP contribution < -0.4 is 16.0 Å². The standard InChI is InChI=1S/C17H29N3O/c1-4-17(5-2,14-18)16(21)19-12-9-13-20(3)15-10-7-6-8-11-15/h6-8,10-11H,4-5,9,12-14,18H2,1-3H3,(H,19,21). The number of carbonyl (C=O) groups is 1. The van der Waals surface area contributed by atoms with Gasteiger partial charge in [-0.15, -0.1) is 0 Å². The molecule has 0 bridgehead atoms. The van der Waals surface area contributed by atoms with Crippen molar-refractivity contribution in [2.75, 3.05) is 31.6 Å². The molecule has 0 atom stereocenters. The van der Waals surface area contributed by atoms with Gasteiger partial charge < -0.3 is 16.0 Å². The molecule has 0 heterocycles. The molecular formula is C17H29N3O. The second-order valence-electron chi connectivity index (χ2n) is 5.56. The van der Waals surface area contributed by atoms with Crippen LogP contribution in [0.15, 0.2) is 30.3 Å². The van der Waals surface area contributed by atoms with Crippen molar-refractivity contribution in [3.05, 3.63) is 30.3 Å². The Labute approximate surface area is 128 Å². The SMILES string of the molecule is CCC(CC)(CN)C(=O)NCCCN(C)c1ccccc1. The minimum absolute atomic E-state index is 0.0948. The van der Waals surface area contributed by atoms with Crippen molar-refractivity contribution < 1.29 is 4.79 Å². The van der Waals surface area contributed by atoms with Crippen LogP contribution >= 0.6 is 0 Å². The van der Waals surface area contributed by atoms with Crippen LogP contribution in [0.5, 0.6) is 0 Å². The Bertz CT molecular complexity index is 407. The highest BCUT2D eigenvalue weighted by atomic mass is 16.2. The Kier molecular flexibility index (Phi) is 7.23. The number of anilines is 1. The van der Waals surface area contributed by atoms with Crippen LogP contribution in [0.2, 0.25) is 0 Å². The monoisotopic (exact) mass is 291 g/mol. The maximum absolute atomic E-state index is 12.3. The fourth-order valence-corrected chi connectivity index (χ4v) is 2.47. The zero-order valence-electron chi connectivity index (χ0n) is 13.6. The summed E-state index contributed by atoms with van der Waals surface area (Å²) in [7, 11) is 2.07. The van der Waals surface area contributed by atoms with Crippen molar-refractivity contribution in [1.82, 2.24) is 5.32 Å². The number of nitrogens with two attached hydrogens (primary N) is 1. The summed E-state index contributed by atoms with van der Waals surface area (Å²) in [5, 5.41) is 3.04. The third kappa shape index (κ3) is 4.74. The summed E-state index contributed by atoms with van der Waals surface area (Å²) in [4.78, 5) is 14.5. The number of nitrogens with one attached hydrogen (secondary N) is 1. The van der Waals surface area contributed by atoms with Crippen LogP contribution in [0.3, 0.4) is 0 Å². The predicted molar refractivity (Wildman–Crippen MR) is 89.4 cm³/mol. The highest BCUT2D eigenvalue weighted by Crippen LogP contribution is 2.24. The normalized spacial score (nSPS) is 11.2. The van der Waals surface area contributed by atoms with E-state index in [1.807, 2.05) is 32.0 Å². The molecule has 3 N–H and O–H groups in total. The second kappa shape index (κ2) is 8.67. The lowest BCUT2D eigenvalue weighted by Crippen LogP contribution is -2.45. The zero-order valence-corrected chi connectivity index (χ0v) is 13.6. The third-order valence-electron chi connectivity index (χ3n) is 4.38. The average Bonchev–Trinajstić information content (AvgIpc) is 2.54. The Hall–Kier alpha value is -1.55. The van der Waals surface area contributed by atoms with E-state index in [9.17, 15) is 4.79 Å². The van der Waals surface area contributed by atoms with Gasteiger partial charge in [0.25, 0.3) is 0 Å². The molecule has 21 heavy (non-hydrogen) atoms. The smallest absolute Gasteiger partial charge is 0.227 e. The lowest BCUT2D eigenvalue weighted by atomic mass is 9.81. The van der Waals surface area contributed by atoms with Crippen molar-refractivity contribution in [3.63, 3.8) is 0 Å². The first-order valence-corrected chi connectivity index (χ1v) is 7.84. The van der Waals surface area contributed by atoms with Gasteiger partial charge in [-0.2, -0.15) is 0 Å². The van der Waals surface area contributed by atoms with Crippen LogP contribution in [0.1, 0.15) is 33.1 Å². The fraction of sp³-hybridized carbons (Fsp3) is 0.588. The van der Waals surface area contributed by atoms with Crippen molar-refractivity contribution in [2.24, 2.45) is 11.1 Å². The number of carbonyl (C=O) groups excluding carboxylic acids is 1. The maximum atomic E-state index is 12.3. The Balaban J connectivity index is 2.35. The van der Waals surface area contributed by atoms with Crippen LogP contribution in [0.25, 0.3) is 0 Å². The molecule has 0 spiro atoms. The van der Waals surface area contributed by atoms with Gasteiger partial charge in [-0.05, 0) is 31.4 Å². The van der Waals surface area contributed by atoms with Crippen LogP contribution in [0.4, 0.5) is 5.69 Å². The van der Waals surface area contributed by atoms with E-state index in [2.05, 4.69) is 29.4 Å². The topological polar surface area (TPSA) is 58.4 Å². The first kappa shape index (κ1) is 17.5. The summed E-state index contributed by atoms with van der Waals surface area (Å²) >= 11 is 0. The molecule has 4 nitrogen and oxygen atoms in total. The van der Waals surface area contributed by atoms with Gasteiger partial charge >= 0.3 is 0 Å². The quantitative estimate of drug-likeness (QED) is 0.687. The summed E-state index contributed by atoms with van der Waals surface area (Å²) in [6.07, 6.45) is 2.50. The number of amides is 1. The number of para-hydroxylation sites is 1. The summed E-state index contributed by atoms with van der Waals surface area (Å²) < 4.78 is 0. The number of hydrogen-bond acceptors (Lipinski definition) is 3. The second-order valence-corrected chi connectivity index (χ2v) is 5.56. The number of rotatable bonds is 9. The highest BCUT2D eigenvalue weighted by molar-refractivity contribution is 5.82. The highest BCUT2D eigenvalue weighted by Gasteiger charge is 2.32. The van der Waals surface area contributed by atoms with E-state index in [1.54, 1.807) is 0 Å². The molecule has 0 aliphatic rings. The predicted octanol–water partition coefficient (Wildman–Crippen LogP) is 2.39. The largest absolute Gasteiger partial charge is 0.375 e. The van der Waals surface area contributed by atoms with Gasteiger partial charge in [0.15, 0.2) is 0 Å². The van der Waals surface area contributed by atoms with E-state index < -0.39 is 5.41 Å². The maximum Gasteiger partial charge on any atom is 0.227 e. The molecule has 0 saturated heterocycles. The Morgan fingerprint density at radius 1 is 1.24 bits per heavy atom. The lowest BCUT2D eigenvalue weighted by molar-refractivity contribution is -0.131. The molecule has 1 aromatic rings. The molecule has 0 saturated carbocycles. The Morgan fingerprint density at radius 3 is 2.38 bits per heavy atom. The summed E-state index contributed by atoms with van der Waals surface area (Å²) in [6, 6.07) is 10.3. The number of hydrogen-bond donors (Lipinski definition) is 2. The summed E-state index contributed by atoms with van der Waals surface area (Å²) in [6.45, 7) is 6.07. The first-order chi connectivity index (χ1) is 10.1. The van der Waals surface area contributed by atoms with Crippen LogP contribution in [0, 0.1) is 5.41 Å². The average molecular weight is 291 g/mol. The summed E-state index contributed by atoms with van der Waals surface area (Å²) in [5.74, 6) is 0.0948. The van der Waals surface area contributed by atoms with Crippen molar-refractivity contribution in [3.8, 4) is 0 Å². The molecule has 0 aliphatic heterocycles. The van der Waals surface area contributed by atoms with Crippen molar-refractivity contribution in [1.29, 1.82) is 0 Å². The number of nitrogens with zero attached hydrogens (tertiary/aromatic N) is 1. The Morgan fingerprint density at radius 2 is 1.86 bits per heavy atom. The molecule has 0 aromatic heterocycles. The molecule has 0 fully saturated rings. The fourth-order valence-electron chi connectivity index (χ4n) is 2.47. The van der Waals surface area contributed by atoms with E-state index in [-0.39, 0.29) is 5.91 Å². The van der Waals surface area contributed by atoms with Gasteiger partial charge in [0.05, 0.1) is 5.41 Å². The molecule has 118 valence electrons. The van der Waals surface area contributed by atoms with E-state index in [0.717, 1.165) is 25.8 Å². The molecule has 4 heteroatoms. The summed E-state index contributed by atoms with van der Waals surface area (Å²) in [5.41, 5.74) is 6.59. The minimum atomic E-state index is -0.397. The minimum Gasteiger partial charge on any atom is -0.375 e. The molecule has 1 amide bonds. The van der Waals surface area contributed by atoms with Crippen molar-refractivity contribution in [2.45, 2.75) is 33.1 Å². The molecular weight excluding hydrogens is 262 g/mol. The third-order valence-corrected chi connectivity index (χ3v) is 4.38. The van der Waals surface area contributed by atoms with Crippen LogP contribution in [-0.2, 0) is 4.79 Å². The van der Waals surface area contributed by atoms with Crippen molar-refractivity contribution >= 4 is 11.6 Å². The van der Waals surface area contributed by atoms with Gasteiger partial charge in [0, 0.05) is 32.4 Å². The molecule has 1 rings (SSSR count). The van der Waals surface area contributed by atoms with E-state index in [4.69, 9.17) is 5.73 Å². The zero-order chi connectivity index (χ0) is 15.7. The number of benzene rings is 1. The van der Waals surface area contributed by atoms with E-state index in [0.29, 0.717) is 13.1 Å².